The van der Waals surface area contributed by atoms with Crippen molar-refractivity contribution in [1.82, 2.24) is 13.6 Å². The molecule has 13 heteroatoms. The van der Waals surface area contributed by atoms with Crippen molar-refractivity contribution >= 4 is 16.2 Å². The summed E-state index contributed by atoms with van der Waals surface area (Å²) in [7, 11) is -2.63. The molecule has 0 radical (unpaired) electrons. The van der Waals surface area contributed by atoms with Gasteiger partial charge in [-0.1, -0.05) is 18.2 Å². The van der Waals surface area contributed by atoms with Crippen LogP contribution >= 0.6 is 0 Å². The van der Waals surface area contributed by atoms with Crippen molar-refractivity contribution in [3.8, 4) is 17.2 Å². The minimum absolute atomic E-state index is 0.00761. The molecular weight excluding hydrogens is 551 g/mol. The summed E-state index contributed by atoms with van der Waals surface area (Å²) in [5.41, 5.74) is 0.607. The van der Waals surface area contributed by atoms with Gasteiger partial charge < -0.3 is 13.9 Å². The van der Waals surface area contributed by atoms with Crippen molar-refractivity contribution in [2.75, 3.05) is 26.7 Å². The van der Waals surface area contributed by atoms with Crippen molar-refractivity contribution < 1.29 is 40.3 Å². The molecule has 1 aromatic heterocycles. The first-order valence-corrected chi connectivity index (χ1v) is 13.6. The summed E-state index contributed by atoms with van der Waals surface area (Å²) in [5, 5.41) is 0. The second kappa shape index (κ2) is 13.1. The predicted octanol–water partition coefficient (Wildman–Crippen LogP) is 4.98. The number of aryl methyl sites for hydroxylation is 1. The number of likely N-dealkylation sites (N-methyl/N-ethyl adjacent to an activating group) is 1. The maximum absolute atomic E-state index is 13.1. The van der Waals surface area contributed by atoms with E-state index in [1.165, 1.54) is 25.3 Å². The first kappa shape index (κ1) is 30.9. The zero-order chi connectivity index (χ0) is 29.5. The molecule has 0 unspecified atom stereocenters. The summed E-state index contributed by atoms with van der Waals surface area (Å²) in [6, 6.07) is 11.1. The normalized spacial score (nSPS) is 12.1. The SMILES string of the molecule is C=CCN(C)S(=O)(=O)N(CC(=O)OCC)Cc1cccc(OCc2nc(-c3ccc(C(F)(F)F)cc3)oc2C)c1. The molecule has 0 aliphatic rings. The van der Waals surface area contributed by atoms with Gasteiger partial charge >= 0.3 is 12.1 Å². The van der Waals surface area contributed by atoms with E-state index in [4.69, 9.17) is 13.9 Å². The van der Waals surface area contributed by atoms with Crippen LogP contribution in [0.25, 0.3) is 11.5 Å². The van der Waals surface area contributed by atoms with Crippen LogP contribution in [0.15, 0.2) is 65.6 Å². The molecule has 216 valence electrons. The highest BCUT2D eigenvalue weighted by atomic mass is 32.2. The number of nitrogens with zero attached hydrogens (tertiary/aromatic N) is 3. The van der Waals surface area contributed by atoms with E-state index in [2.05, 4.69) is 11.6 Å². The number of carbonyl (C=O) groups is 1. The third-order valence-electron chi connectivity index (χ3n) is 5.70. The third-order valence-corrected chi connectivity index (χ3v) is 7.55. The van der Waals surface area contributed by atoms with Crippen molar-refractivity contribution in [3.05, 3.63) is 83.8 Å². The van der Waals surface area contributed by atoms with Gasteiger partial charge in [-0.2, -0.15) is 30.2 Å². The Kier molecular flexibility index (Phi) is 10.1. The molecule has 0 saturated heterocycles. The van der Waals surface area contributed by atoms with E-state index >= 15 is 0 Å². The lowest BCUT2D eigenvalue weighted by molar-refractivity contribution is -0.143. The van der Waals surface area contributed by atoms with Crippen LogP contribution in [-0.2, 0) is 39.1 Å². The highest BCUT2D eigenvalue weighted by molar-refractivity contribution is 7.86. The molecule has 0 fully saturated rings. The molecule has 0 saturated carbocycles. The second-order valence-electron chi connectivity index (χ2n) is 8.68. The third kappa shape index (κ3) is 7.93. The van der Waals surface area contributed by atoms with E-state index < -0.39 is 34.5 Å². The fourth-order valence-corrected chi connectivity index (χ4v) is 4.89. The number of esters is 1. The molecule has 0 bridgehead atoms. The fraction of sp³-hybridized carbons (Fsp3) is 0.333. The molecule has 0 aliphatic carbocycles. The zero-order valence-corrected chi connectivity index (χ0v) is 23.1. The van der Waals surface area contributed by atoms with Crippen LogP contribution in [0.2, 0.25) is 0 Å². The van der Waals surface area contributed by atoms with E-state index in [0.717, 1.165) is 20.7 Å². The number of alkyl halides is 3. The molecule has 1 heterocycles. The first-order valence-electron chi connectivity index (χ1n) is 12.2. The van der Waals surface area contributed by atoms with Gasteiger partial charge in [0.2, 0.25) is 5.89 Å². The molecule has 0 aliphatic heterocycles. The van der Waals surface area contributed by atoms with Crippen LogP contribution in [0.5, 0.6) is 5.75 Å². The van der Waals surface area contributed by atoms with Gasteiger partial charge in [-0.15, -0.1) is 6.58 Å². The Morgan fingerprint density at radius 1 is 1.18 bits per heavy atom. The highest BCUT2D eigenvalue weighted by Gasteiger charge is 2.31. The van der Waals surface area contributed by atoms with E-state index in [-0.39, 0.29) is 32.2 Å². The predicted molar refractivity (Wildman–Crippen MR) is 141 cm³/mol. The molecule has 0 amide bonds. The Morgan fingerprint density at radius 3 is 2.50 bits per heavy atom. The van der Waals surface area contributed by atoms with Crippen LogP contribution < -0.4 is 4.74 Å². The molecule has 3 aromatic rings. The average Bonchev–Trinajstić information content (AvgIpc) is 3.27. The summed E-state index contributed by atoms with van der Waals surface area (Å²) in [4.78, 5) is 16.5. The van der Waals surface area contributed by atoms with Crippen molar-refractivity contribution in [3.63, 3.8) is 0 Å². The van der Waals surface area contributed by atoms with Crippen molar-refractivity contribution in [2.45, 2.75) is 33.2 Å². The Morgan fingerprint density at radius 2 is 1.88 bits per heavy atom. The number of oxazole rings is 1. The second-order valence-corrected chi connectivity index (χ2v) is 10.7. The van der Waals surface area contributed by atoms with Gasteiger partial charge in [0.1, 0.15) is 30.4 Å². The molecule has 3 rings (SSSR count). The summed E-state index contributed by atoms with van der Waals surface area (Å²) >= 11 is 0. The number of aromatic nitrogens is 1. The van der Waals surface area contributed by atoms with E-state index in [1.54, 1.807) is 38.1 Å². The van der Waals surface area contributed by atoms with E-state index in [0.29, 0.717) is 28.3 Å². The molecule has 0 spiro atoms. The Hall–Kier alpha value is -3.68. The number of halogens is 3. The minimum atomic E-state index is -4.44. The zero-order valence-electron chi connectivity index (χ0n) is 22.3. The van der Waals surface area contributed by atoms with Crippen LogP contribution in [0.3, 0.4) is 0 Å². The Balaban J connectivity index is 1.74. The van der Waals surface area contributed by atoms with Crippen LogP contribution in [0.4, 0.5) is 13.2 Å². The van der Waals surface area contributed by atoms with Crippen molar-refractivity contribution in [1.29, 1.82) is 0 Å². The summed E-state index contributed by atoms with van der Waals surface area (Å²) < 4.78 is 83.2. The van der Waals surface area contributed by atoms with Crippen LogP contribution in [0.1, 0.15) is 29.5 Å². The molecule has 40 heavy (non-hydrogen) atoms. The standard InChI is InChI=1S/C27H30F3N3O6S/c1-5-14-32(4)40(35,36)33(17-25(34)37-6-2)16-20-8-7-9-23(15-20)38-18-24-19(3)39-26(31-24)21-10-12-22(13-11-21)27(28,29)30/h5,7-13,15H,1,6,14,16-18H2,2-4H3. The Labute approximate surface area is 231 Å². The molecule has 2 aromatic carbocycles. The monoisotopic (exact) mass is 581 g/mol. The number of ether oxygens (including phenoxy) is 2. The number of carbonyl (C=O) groups excluding carboxylic acids is 1. The summed E-state index contributed by atoms with van der Waals surface area (Å²) in [6.45, 7) is 6.40. The number of benzene rings is 2. The minimum Gasteiger partial charge on any atom is -0.487 e. The topological polar surface area (TPSA) is 102 Å². The van der Waals surface area contributed by atoms with E-state index in [1.807, 2.05) is 0 Å². The van der Waals surface area contributed by atoms with Crippen molar-refractivity contribution in [2.24, 2.45) is 0 Å². The number of hydrogen-bond acceptors (Lipinski definition) is 7. The lowest BCUT2D eigenvalue weighted by Gasteiger charge is -2.26. The maximum Gasteiger partial charge on any atom is 0.416 e. The van der Waals surface area contributed by atoms with Crippen LogP contribution in [0, 0.1) is 6.92 Å². The summed E-state index contributed by atoms with van der Waals surface area (Å²) in [5.74, 6) is 0.310. The lowest BCUT2D eigenvalue weighted by atomic mass is 10.1. The molecule has 0 atom stereocenters. The smallest absolute Gasteiger partial charge is 0.416 e. The van der Waals surface area contributed by atoms with Gasteiger partial charge in [-0.3, -0.25) is 4.79 Å². The van der Waals surface area contributed by atoms with Gasteiger partial charge in [0.05, 0.1) is 12.2 Å². The fourth-order valence-electron chi connectivity index (χ4n) is 3.62. The lowest BCUT2D eigenvalue weighted by Crippen LogP contribution is -2.44. The largest absolute Gasteiger partial charge is 0.487 e. The number of hydrogen-bond donors (Lipinski definition) is 0. The summed E-state index contributed by atoms with van der Waals surface area (Å²) in [6.07, 6.45) is -3.01. The molecular formula is C27H30F3N3O6S. The van der Waals surface area contributed by atoms with Crippen LogP contribution in [-0.4, -0.2) is 54.7 Å². The van der Waals surface area contributed by atoms with E-state index in [9.17, 15) is 26.4 Å². The quantitative estimate of drug-likeness (QED) is 0.207. The number of rotatable bonds is 13. The van der Waals surface area contributed by atoms with Gasteiger partial charge in [-0.05, 0) is 55.8 Å². The van der Waals surface area contributed by atoms with Gasteiger partial charge in [0.15, 0.2) is 0 Å². The van der Waals surface area contributed by atoms with Gasteiger partial charge in [-0.25, -0.2) is 4.98 Å². The molecule has 0 N–H and O–H groups in total. The van der Waals surface area contributed by atoms with Gasteiger partial charge in [0, 0.05) is 25.7 Å². The molecule has 9 nitrogen and oxygen atoms in total. The van der Waals surface area contributed by atoms with Gasteiger partial charge in [0.25, 0.3) is 10.2 Å². The first-order chi connectivity index (χ1) is 18.8. The Bertz CT molecular complexity index is 1420. The maximum atomic E-state index is 13.1. The average molecular weight is 582 g/mol. The highest BCUT2D eigenvalue weighted by Crippen LogP contribution is 2.31.